The maximum atomic E-state index is 5.93. The van der Waals surface area contributed by atoms with Gasteiger partial charge in [0, 0.05) is 11.1 Å². The average molecular weight is 321 g/mol. The molecule has 24 heavy (non-hydrogen) atoms. The highest BCUT2D eigenvalue weighted by Crippen LogP contribution is 2.34. The molecule has 5 nitrogen and oxygen atoms in total. The van der Waals surface area contributed by atoms with Crippen LogP contribution < -0.4 is 15.2 Å². The molecular weight excluding hydrogens is 302 g/mol. The van der Waals surface area contributed by atoms with Crippen LogP contribution in [0.25, 0.3) is 22.5 Å². The second-order valence-corrected chi connectivity index (χ2v) is 5.43. The van der Waals surface area contributed by atoms with E-state index >= 15 is 0 Å². The van der Waals surface area contributed by atoms with Crippen LogP contribution in [0, 0.1) is 6.92 Å². The molecule has 0 saturated carbocycles. The first-order valence-corrected chi connectivity index (χ1v) is 7.54. The van der Waals surface area contributed by atoms with E-state index in [0.29, 0.717) is 11.4 Å². The molecule has 1 heterocycles. The lowest BCUT2D eigenvalue weighted by atomic mass is 10.1. The molecule has 2 N–H and O–H groups in total. The Bertz CT molecular complexity index is 861. The number of nitrogens with zero attached hydrogens (tertiary/aromatic N) is 2. The third-order valence-corrected chi connectivity index (χ3v) is 3.77. The lowest BCUT2D eigenvalue weighted by Gasteiger charge is -2.11. The fourth-order valence-electron chi connectivity index (χ4n) is 2.49. The van der Waals surface area contributed by atoms with Crippen molar-refractivity contribution in [2.75, 3.05) is 20.0 Å². The molecule has 0 atom stereocenters. The van der Waals surface area contributed by atoms with E-state index in [1.807, 2.05) is 55.5 Å². The molecule has 3 rings (SSSR count). The first-order chi connectivity index (χ1) is 11.6. The molecule has 2 aromatic carbocycles. The van der Waals surface area contributed by atoms with Crippen molar-refractivity contribution in [2.24, 2.45) is 0 Å². The lowest BCUT2D eigenvalue weighted by molar-refractivity contribution is 0.404. The second-order valence-electron chi connectivity index (χ2n) is 5.43. The fraction of sp³-hybridized carbons (Fsp3) is 0.158. The summed E-state index contributed by atoms with van der Waals surface area (Å²) in [5.41, 5.74) is 10.4. The zero-order valence-corrected chi connectivity index (χ0v) is 13.9. The van der Waals surface area contributed by atoms with Gasteiger partial charge in [0.05, 0.1) is 25.6 Å². The number of rotatable bonds is 4. The highest BCUT2D eigenvalue weighted by molar-refractivity contribution is 5.74. The Morgan fingerprint density at radius 1 is 0.833 bits per heavy atom. The monoisotopic (exact) mass is 321 g/mol. The molecule has 5 heteroatoms. The molecule has 0 spiro atoms. The number of aryl methyl sites for hydroxylation is 1. The number of hydrogen-bond acceptors (Lipinski definition) is 5. The van der Waals surface area contributed by atoms with Crippen LogP contribution in [0.4, 0.5) is 5.95 Å². The van der Waals surface area contributed by atoms with Crippen molar-refractivity contribution < 1.29 is 9.47 Å². The molecule has 0 aliphatic rings. The SMILES string of the molecule is COc1ccc(OC)c(-c2cc(-c3ccc(C)cc3)nc(N)n2)c1. The molecule has 0 amide bonds. The minimum Gasteiger partial charge on any atom is -0.497 e. The number of anilines is 1. The van der Waals surface area contributed by atoms with E-state index in [0.717, 1.165) is 22.6 Å². The zero-order valence-electron chi connectivity index (χ0n) is 13.9. The summed E-state index contributed by atoms with van der Waals surface area (Å²) < 4.78 is 10.7. The summed E-state index contributed by atoms with van der Waals surface area (Å²) in [6.45, 7) is 2.05. The quantitative estimate of drug-likeness (QED) is 0.793. The molecule has 0 unspecified atom stereocenters. The summed E-state index contributed by atoms with van der Waals surface area (Å²) in [4.78, 5) is 8.71. The molecule has 0 aliphatic carbocycles. The highest BCUT2D eigenvalue weighted by atomic mass is 16.5. The number of aromatic nitrogens is 2. The van der Waals surface area contributed by atoms with Crippen LogP contribution >= 0.6 is 0 Å². The van der Waals surface area contributed by atoms with E-state index in [1.54, 1.807) is 14.2 Å². The maximum absolute atomic E-state index is 5.93. The molecule has 3 aromatic rings. The van der Waals surface area contributed by atoms with E-state index in [4.69, 9.17) is 15.2 Å². The number of nitrogens with two attached hydrogens (primary N) is 1. The Morgan fingerprint density at radius 3 is 2.21 bits per heavy atom. The van der Waals surface area contributed by atoms with Gasteiger partial charge < -0.3 is 15.2 Å². The van der Waals surface area contributed by atoms with Gasteiger partial charge >= 0.3 is 0 Å². The van der Waals surface area contributed by atoms with Gasteiger partial charge in [-0.25, -0.2) is 9.97 Å². The van der Waals surface area contributed by atoms with Crippen LogP contribution in [0.1, 0.15) is 5.56 Å². The Hall–Kier alpha value is -3.08. The summed E-state index contributed by atoms with van der Waals surface area (Å²) in [5.74, 6) is 1.64. The van der Waals surface area contributed by atoms with E-state index in [-0.39, 0.29) is 5.95 Å². The van der Waals surface area contributed by atoms with Crippen LogP contribution in [0.3, 0.4) is 0 Å². The van der Waals surface area contributed by atoms with Gasteiger partial charge in [-0.1, -0.05) is 29.8 Å². The lowest BCUT2D eigenvalue weighted by Crippen LogP contribution is -2.00. The topological polar surface area (TPSA) is 70.3 Å². The predicted molar refractivity (Wildman–Crippen MR) is 95.2 cm³/mol. The van der Waals surface area contributed by atoms with Crippen molar-refractivity contribution in [3.05, 3.63) is 54.1 Å². The molecule has 0 fully saturated rings. The van der Waals surface area contributed by atoms with Crippen LogP contribution in [-0.4, -0.2) is 24.2 Å². The molecule has 0 radical (unpaired) electrons. The van der Waals surface area contributed by atoms with Gasteiger partial charge in [-0.05, 0) is 31.2 Å². The van der Waals surface area contributed by atoms with Crippen LogP contribution in [0.5, 0.6) is 11.5 Å². The summed E-state index contributed by atoms with van der Waals surface area (Å²) >= 11 is 0. The first-order valence-electron chi connectivity index (χ1n) is 7.54. The van der Waals surface area contributed by atoms with Gasteiger partial charge in [0.25, 0.3) is 0 Å². The Balaban J connectivity index is 2.14. The number of benzene rings is 2. The van der Waals surface area contributed by atoms with Gasteiger partial charge in [-0.2, -0.15) is 0 Å². The third kappa shape index (κ3) is 3.15. The zero-order chi connectivity index (χ0) is 17.1. The molecule has 0 saturated heterocycles. The average Bonchev–Trinajstić information content (AvgIpc) is 2.61. The van der Waals surface area contributed by atoms with Gasteiger partial charge in [0.15, 0.2) is 0 Å². The Morgan fingerprint density at radius 2 is 1.54 bits per heavy atom. The smallest absolute Gasteiger partial charge is 0.221 e. The van der Waals surface area contributed by atoms with Crippen molar-refractivity contribution >= 4 is 5.95 Å². The summed E-state index contributed by atoms with van der Waals surface area (Å²) in [5, 5.41) is 0. The highest BCUT2D eigenvalue weighted by Gasteiger charge is 2.12. The standard InChI is InChI=1S/C19H19N3O2/c1-12-4-6-13(7-5-12)16-11-17(22-19(20)21-16)15-10-14(23-2)8-9-18(15)24-3/h4-11H,1-3H3,(H2,20,21,22). The summed E-state index contributed by atoms with van der Waals surface area (Å²) in [6.07, 6.45) is 0. The number of ether oxygens (including phenoxy) is 2. The molecule has 0 bridgehead atoms. The van der Waals surface area contributed by atoms with Crippen LogP contribution in [0.2, 0.25) is 0 Å². The molecular formula is C19H19N3O2. The number of nitrogen functional groups attached to an aromatic ring is 1. The molecule has 1 aromatic heterocycles. The Kier molecular flexibility index (Phi) is 4.33. The summed E-state index contributed by atoms with van der Waals surface area (Å²) in [6, 6.07) is 15.6. The third-order valence-electron chi connectivity index (χ3n) is 3.77. The van der Waals surface area contributed by atoms with E-state index < -0.39 is 0 Å². The van der Waals surface area contributed by atoms with E-state index in [9.17, 15) is 0 Å². The van der Waals surface area contributed by atoms with Gasteiger partial charge in [-0.3, -0.25) is 0 Å². The van der Waals surface area contributed by atoms with E-state index in [2.05, 4.69) is 9.97 Å². The minimum absolute atomic E-state index is 0.216. The summed E-state index contributed by atoms with van der Waals surface area (Å²) in [7, 11) is 3.24. The predicted octanol–water partition coefficient (Wildman–Crippen LogP) is 3.72. The normalized spacial score (nSPS) is 10.5. The van der Waals surface area contributed by atoms with Crippen LogP contribution in [-0.2, 0) is 0 Å². The second kappa shape index (κ2) is 6.58. The largest absolute Gasteiger partial charge is 0.497 e. The van der Waals surface area contributed by atoms with E-state index in [1.165, 1.54) is 5.56 Å². The van der Waals surface area contributed by atoms with Crippen molar-refractivity contribution in [3.8, 4) is 34.0 Å². The van der Waals surface area contributed by atoms with Gasteiger partial charge in [0.2, 0.25) is 5.95 Å². The van der Waals surface area contributed by atoms with Crippen molar-refractivity contribution in [2.45, 2.75) is 6.92 Å². The molecule has 0 aliphatic heterocycles. The molecule has 122 valence electrons. The van der Waals surface area contributed by atoms with Crippen molar-refractivity contribution in [1.29, 1.82) is 0 Å². The maximum Gasteiger partial charge on any atom is 0.221 e. The van der Waals surface area contributed by atoms with Crippen molar-refractivity contribution in [1.82, 2.24) is 9.97 Å². The van der Waals surface area contributed by atoms with Crippen LogP contribution in [0.15, 0.2) is 48.5 Å². The number of hydrogen-bond donors (Lipinski definition) is 1. The first kappa shape index (κ1) is 15.8. The fourth-order valence-corrected chi connectivity index (χ4v) is 2.49. The minimum atomic E-state index is 0.216. The Labute approximate surface area is 141 Å². The van der Waals surface area contributed by atoms with Gasteiger partial charge in [-0.15, -0.1) is 0 Å². The van der Waals surface area contributed by atoms with Gasteiger partial charge in [0.1, 0.15) is 11.5 Å². The number of methoxy groups -OCH3 is 2. The van der Waals surface area contributed by atoms with Crippen molar-refractivity contribution in [3.63, 3.8) is 0 Å².